The molecule has 3 unspecified atom stereocenters. The van der Waals surface area contributed by atoms with Crippen LogP contribution >= 0.6 is 11.9 Å². The highest BCUT2D eigenvalue weighted by molar-refractivity contribution is 6.07. The van der Waals surface area contributed by atoms with Gasteiger partial charge in [-0.3, -0.25) is 4.29 Å². The first-order valence-corrected chi connectivity index (χ1v) is 6.34. The minimum atomic E-state index is -0.227. The van der Waals surface area contributed by atoms with Gasteiger partial charge >= 0.3 is 0 Å². The molecular formula is C13H22ClNO. The number of nitrogens with two attached hydrogens (primary N) is 1. The third-order valence-corrected chi connectivity index (χ3v) is 4.92. The Hall–Kier alpha value is -0.0500. The first kappa shape index (κ1) is 12.4. The summed E-state index contributed by atoms with van der Waals surface area (Å²) in [6.45, 7) is 8.84. The predicted octanol–water partition coefficient (Wildman–Crippen LogP) is 3.40. The van der Waals surface area contributed by atoms with Crippen LogP contribution in [0.15, 0.2) is 11.1 Å². The summed E-state index contributed by atoms with van der Waals surface area (Å²) in [6.07, 6.45) is 2.97. The molecule has 2 nitrogen and oxygen atoms in total. The fraction of sp³-hybridized carbons (Fsp3) is 0.846. The topological polar surface area (TPSA) is 35.2 Å². The molecule has 0 spiro atoms. The van der Waals surface area contributed by atoms with E-state index in [-0.39, 0.29) is 17.1 Å². The highest BCUT2D eigenvalue weighted by atomic mass is 35.5. The highest BCUT2D eigenvalue weighted by Crippen LogP contribution is 2.51. The van der Waals surface area contributed by atoms with E-state index < -0.39 is 0 Å². The molecular weight excluding hydrogens is 222 g/mol. The van der Waals surface area contributed by atoms with Crippen molar-refractivity contribution < 1.29 is 4.29 Å². The Bertz CT molecular complexity index is 337. The number of hydrogen-bond acceptors (Lipinski definition) is 2. The van der Waals surface area contributed by atoms with Crippen molar-refractivity contribution in [2.45, 2.75) is 58.6 Å². The molecule has 2 aliphatic carbocycles. The second kappa shape index (κ2) is 3.72. The monoisotopic (exact) mass is 243 g/mol. The van der Waals surface area contributed by atoms with Crippen molar-refractivity contribution in [1.29, 1.82) is 0 Å². The van der Waals surface area contributed by atoms with Crippen LogP contribution in [0, 0.1) is 11.3 Å². The lowest BCUT2D eigenvalue weighted by molar-refractivity contribution is 0.0342. The minimum Gasteiger partial charge on any atom is -0.327 e. The van der Waals surface area contributed by atoms with Crippen molar-refractivity contribution >= 4 is 11.9 Å². The zero-order valence-electron chi connectivity index (χ0n) is 10.6. The molecule has 92 valence electrons. The summed E-state index contributed by atoms with van der Waals surface area (Å²) in [5.41, 5.74) is 9.36. The maximum atomic E-state index is 6.40. The van der Waals surface area contributed by atoms with Crippen molar-refractivity contribution in [3.8, 4) is 0 Å². The predicted molar refractivity (Wildman–Crippen MR) is 67.1 cm³/mol. The maximum absolute atomic E-state index is 6.40. The van der Waals surface area contributed by atoms with E-state index in [1.165, 1.54) is 11.1 Å². The van der Waals surface area contributed by atoms with E-state index in [0.717, 1.165) is 19.3 Å². The van der Waals surface area contributed by atoms with E-state index >= 15 is 0 Å². The fourth-order valence-corrected chi connectivity index (χ4v) is 3.53. The summed E-state index contributed by atoms with van der Waals surface area (Å²) in [4.78, 5) is 0. The Morgan fingerprint density at radius 1 is 1.31 bits per heavy atom. The molecule has 2 N–H and O–H groups in total. The third-order valence-electron chi connectivity index (χ3n) is 4.54. The van der Waals surface area contributed by atoms with Gasteiger partial charge in [0, 0.05) is 6.04 Å². The van der Waals surface area contributed by atoms with Gasteiger partial charge in [0.05, 0.1) is 17.5 Å². The van der Waals surface area contributed by atoms with Crippen molar-refractivity contribution in [3.63, 3.8) is 0 Å². The minimum absolute atomic E-state index is 0.202. The number of fused-ring (bicyclic) bond motifs is 1. The summed E-state index contributed by atoms with van der Waals surface area (Å²) in [5, 5.41) is 0. The van der Waals surface area contributed by atoms with Gasteiger partial charge in [-0.15, -0.1) is 0 Å². The van der Waals surface area contributed by atoms with Gasteiger partial charge in [-0.2, -0.15) is 0 Å². The Kier molecular flexibility index (Phi) is 2.89. The van der Waals surface area contributed by atoms with Crippen molar-refractivity contribution in [1.82, 2.24) is 0 Å². The summed E-state index contributed by atoms with van der Waals surface area (Å²) in [7, 11) is 0. The van der Waals surface area contributed by atoms with Crippen LogP contribution in [0.2, 0.25) is 0 Å². The number of hydrogen-bond donors (Lipinski definition) is 1. The molecule has 2 aliphatic rings. The van der Waals surface area contributed by atoms with Gasteiger partial charge in [-0.1, -0.05) is 25.0 Å². The van der Waals surface area contributed by atoms with Crippen LogP contribution in [0.4, 0.5) is 0 Å². The molecule has 0 fully saturated rings. The van der Waals surface area contributed by atoms with Crippen molar-refractivity contribution in [2.75, 3.05) is 0 Å². The summed E-state index contributed by atoms with van der Waals surface area (Å²) in [5.74, 6) is 0.427. The molecule has 3 heteroatoms. The average Bonchev–Trinajstić information content (AvgIpc) is 2.20. The van der Waals surface area contributed by atoms with Gasteiger partial charge in [0.1, 0.15) is 0 Å². The Morgan fingerprint density at radius 3 is 2.50 bits per heavy atom. The molecule has 2 rings (SSSR count). The SMILES string of the molecule is CC1=C2CC(C)(OCl)CC1C(N)C(C)(C)C2. The molecule has 0 aromatic carbocycles. The normalized spacial score (nSPS) is 42.4. The zero-order valence-corrected chi connectivity index (χ0v) is 11.4. The zero-order chi connectivity index (χ0) is 12.1. The second-order valence-corrected chi connectivity index (χ2v) is 6.65. The van der Waals surface area contributed by atoms with Crippen LogP contribution in [0.3, 0.4) is 0 Å². The van der Waals surface area contributed by atoms with Gasteiger partial charge in [0.25, 0.3) is 0 Å². The summed E-state index contributed by atoms with van der Waals surface area (Å²) < 4.78 is 5.16. The van der Waals surface area contributed by atoms with Crippen LogP contribution in [0.5, 0.6) is 0 Å². The van der Waals surface area contributed by atoms with Gasteiger partial charge in [0.15, 0.2) is 0 Å². The molecule has 3 atom stereocenters. The molecule has 0 saturated heterocycles. The average molecular weight is 244 g/mol. The van der Waals surface area contributed by atoms with Gasteiger partial charge < -0.3 is 5.73 Å². The fourth-order valence-electron chi connectivity index (χ4n) is 3.41. The Balaban J connectivity index is 2.36. The molecule has 0 heterocycles. The van der Waals surface area contributed by atoms with Crippen LogP contribution in [-0.4, -0.2) is 11.6 Å². The maximum Gasteiger partial charge on any atom is 0.0912 e. The van der Waals surface area contributed by atoms with E-state index in [0.29, 0.717) is 5.92 Å². The largest absolute Gasteiger partial charge is 0.327 e. The second-order valence-electron chi connectivity index (χ2n) is 6.49. The highest BCUT2D eigenvalue weighted by Gasteiger charge is 2.47. The molecule has 0 saturated carbocycles. The van der Waals surface area contributed by atoms with E-state index in [1.54, 1.807) is 0 Å². The molecule has 0 radical (unpaired) electrons. The number of halogens is 1. The summed E-state index contributed by atoms with van der Waals surface area (Å²) >= 11 is 5.64. The van der Waals surface area contributed by atoms with Gasteiger partial charge in [0.2, 0.25) is 0 Å². The van der Waals surface area contributed by atoms with Crippen molar-refractivity contribution in [3.05, 3.63) is 11.1 Å². The first-order chi connectivity index (χ1) is 7.29. The van der Waals surface area contributed by atoms with Crippen LogP contribution < -0.4 is 5.73 Å². The molecule has 16 heavy (non-hydrogen) atoms. The van der Waals surface area contributed by atoms with Crippen LogP contribution in [0.1, 0.15) is 47.0 Å². The van der Waals surface area contributed by atoms with Crippen LogP contribution in [-0.2, 0) is 4.29 Å². The smallest absolute Gasteiger partial charge is 0.0912 e. The number of rotatable bonds is 1. The van der Waals surface area contributed by atoms with E-state index in [2.05, 4.69) is 27.7 Å². The third kappa shape index (κ3) is 1.81. The first-order valence-electron chi connectivity index (χ1n) is 6.03. The standard InChI is InChI=1S/C13H22ClNO/c1-8-9-5-12(2,3)11(15)10(8)7-13(4,6-9)16-14/h10-11H,5-7,15H2,1-4H3. The molecule has 0 aromatic rings. The van der Waals surface area contributed by atoms with Gasteiger partial charge in [-0.05, 0) is 44.4 Å². The Morgan fingerprint density at radius 2 is 1.94 bits per heavy atom. The molecule has 0 amide bonds. The summed E-state index contributed by atoms with van der Waals surface area (Å²) in [6, 6.07) is 0.211. The molecule has 0 aliphatic heterocycles. The van der Waals surface area contributed by atoms with Gasteiger partial charge in [-0.25, -0.2) is 0 Å². The molecule has 2 bridgehead atoms. The lowest BCUT2D eigenvalue weighted by Crippen LogP contribution is -2.52. The van der Waals surface area contributed by atoms with E-state index in [1.807, 2.05) is 0 Å². The lowest BCUT2D eigenvalue weighted by Gasteiger charge is -2.50. The van der Waals surface area contributed by atoms with Crippen molar-refractivity contribution in [2.24, 2.45) is 17.1 Å². The van der Waals surface area contributed by atoms with E-state index in [9.17, 15) is 0 Å². The quantitative estimate of drug-likeness (QED) is 0.717. The molecule has 0 aromatic heterocycles. The van der Waals surface area contributed by atoms with E-state index in [4.69, 9.17) is 21.9 Å². The van der Waals surface area contributed by atoms with Crippen LogP contribution in [0.25, 0.3) is 0 Å². The Labute approximate surface area is 103 Å². The lowest BCUT2D eigenvalue weighted by atomic mass is 9.59.